The molecule has 0 atom stereocenters. The summed E-state index contributed by atoms with van der Waals surface area (Å²) in [7, 11) is 0. The van der Waals surface area contributed by atoms with Gasteiger partial charge in [0.2, 0.25) is 5.91 Å². The average Bonchev–Trinajstić information content (AvgIpc) is 3.05. The highest BCUT2D eigenvalue weighted by atomic mass is 16.5. The van der Waals surface area contributed by atoms with Crippen molar-refractivity contribution in [1.29, 1.82) is 0 Å². The van der Waals surface area contributed by atoms with Crippen LogP contribution in [-0.2, 0) is 19.1 Å². The van der Waals surface area contributed by atoms with Gasteiger partial charge in [0.15, 0.2) is 6.61 Å². The molecular formula is C20H26N4O5. The fourth-order valence-corrected chi connectivity index (χ4v) is 3.39. The number of piperidine rings is 1. The van der Waals surface area contributed by atoms with Gasteiger partial charge in [-0.1, -0.05) is 0 Å². The lowest BCUT2D eigenvalue weighted by molar-refractivity contribution is -0.147. The Labute approximate surface area is 169 Å². The van der Waals surface area contributed by atoms with E-state index in [2.05, 4.69) is 15.5 Å². The molecule has 2 saturated heterocycles. The molecule has 2 fully saturated rings. The first-order chi connectivity index (χ1) is 14.0. The van der Waals surface area contributed by atoms with Crippen molar-refractivity contribution >= 4 is 35.2 Å². The van der Waals surface area contributed by atoms with Crippen LogP contribution in [0.1, 0.15) is 32.1 Å². The molecule has 0 spiro atoms. The lowest BCUT2D eigenvalue weighted by Gasteiger charge is -2.28. The number of urea groups is 1. The number of imide groups is 1. The van der Waals surface area contributed by atoms with Gasteiger partial charge in [0.05, 0.1) is 6.54 Å². The van der Waals surface area contributed by atoms with E-state index in [4.69, 9.17) is 4.74 Å². The quantitative estimate of drug-likeness (QED) is 0.504. The van der Waals surface area contributed by atoms with E-state index in [1.54, 1.807) is 0 Å². The SMILES string of the molecule is O=C(COC(=O)CCCN1C(=O)CNC1=O)Nc1ccc(N2CCCCC2)cc1. The van der Waals surface area contributed by atoms with Crippen LogP contribution in [0.4, 0.5) is 16.2 Å². The summed E-state index contributed by atoms with van der Waals surface area (Å²) >= 11 is 0. The van der Waals surface area contributed by atoms with Crippen molar-refractivity contribution in [2.24, 2.45) is 0 Å². The van der Waals surface area contributed by atoms with Crippen LogP contribution in [0.25, 0.3) is 0 Å². The van der Waals surface area contributed by atoms with Crippen LogP contribution in [-0.4, -0.2) is 61.5 Å². The minimum absolute atomic E-state index is 0.0114. The Balaban J connectivity index is 1.34. The molecule has 2 heterocycles. The first kappa shape index (κ1) is 20.6. The van der Waals surface area contributed by atoms with Gasteiger partial charge in [-0.25, -0.2) is 4.79 Å². The van der Waals surface area contributed by atoms with Crippen molar-refractivity contribution in [2.45, 2.75) is 32.1 Å². The zero-order chi connectivity index (χ0) is 20.6. The van der Waals surface area contributed by atoms with E-state index in [1.165, 1.54) is 19.3 Å². The lowest BCUT2D eigenvalue weighted by Crippen LogP contribution is -2.32. The number of benzene rings is 1. The van der Waals surface area contributed by atoms with Crippen LogP contribution in [0.15, 0.2) is 24.3 Å². The predicted molar refractivity (Wildman–Crippen MR) is 106 cm³/mol. The highest BCUT2D eigenvalue weighted by Gasteiger charge is 2.27. The Morgan fingerprint density at radius 3 is 2.45 bits per heavy atom. The van der Waals surface area contributed by atoms with E-state index >= 15 is 0 Å². The standard InChI is InChI=1S/C20H26N4O5/c25-17(14-29-19(27)5-4-12-24-18(26)13-21-20(24)28)22-15-6-8-16(9-7-15)23-10-2-1-3-11-23/h6-9H,1-5,10-14H2,(H,21,28)(H,22,25). The molecule has 0 radical (unpaired) electrons. The molecule has 9 heteroatoms. The second-order valence-electron chi connectivity index (χ2n) is 7.11. The number of carbonyl (C=O) groups excluding carboxylic acids is 4. The van der Waals surface area contributed by atoms with E-state index in [0.717, 1.165) is 23.7 Å². The molecule has 0 unspecified atom stereocenters. The molecule has 0 saturated carbocycles. The van der Waals surface area contributed by atoms with Crippen LogP contribution in [0.2, 0.25) is 0 Å². The number of anilines is 2. The number of nitrogens with zero attached hydrogens (tertiary/aromatic N) is 2. The third-order valence-corrected chi connectivity index (χ3v) is 4.94. The highest BCUT2D eigenvalue weighted by molar-refractivity contribution is 6.01. The minimum Gasteiger partial charge on any atom is -0.456 e. The van der Waals surface area contributed by atoms with Crippen LogP contribution < -0.4 is 15.5 Å². The molecular weight excluding hydrogens is 376 g/mol. The summed E-state index contributed by atoms with van der Waals surface area (Å²) in [6, 6.07) is 7.17. The second-order valence-corrected chi connectivity index (χ2v) is 7.11. The summed E-state index contributed by atoms with van der Waals surface area (Å²) in [5, 5.41) is 5.11. The highest BCUT2D eigenvalue weighted by Crippen LogP contribution is 2.21. The lowest BCUT2D eigenvalue weighted by atomic mass is 10.1. The van der Waals surface area contributed by atoms with E-state index < -0.39 is 17.9 Å². The zero-order valence-corrected chi connectivity index (χ0v) is 16.3. The molecule has 3 rings (SSSR count). The van der Waals surface area contributed by atoms with Gasteiger partial charge >= 0.3 is 12.0 Å². The van der Waals surface area contributed by atoms with Gasteiger partial charge in [-0.2, -0.15) is 0 Å². The molecule has 0 aliphatic carbocycles. The largest absolute Gasteiger partial charge is 0.456 e. The predicted octanol–water partition coefficient (Wildman–Crippen LogP) is 1.49. The minimum atomic E-state index is -0.548. The van der Waals surface area contributed by atoms with Crippen molar-refractivity contribution < 1.29 is 23.9 Å². The maximum absolute atomic E-state index is 12.0. The summed E-state index contributed by atoms with van der Waals surface area (Å²) in [4.78, 5) is 49.9. The van der Waals surface area contributed by atoms with Crippen LogP contribution in [0.5, 0.6) is 0 Å². The summed E-state index contributed by atoms with van der Waals surface area (Å²) < 4.78 is 4.95. The van der Waals surface area contributed by atoms with Gasteiger partial charge in [-0.15, -0.1) is 0 Å². The van der Waals surface area contributed by atoms with Crippen molar-refractivity contribution in [3.63, 3.8) is 0 Å². The molecule has 0 aromatic heterocycles. The molecule has 2 aliphatic heterocycles. The Hall–Kier alpha value is -3.10. The topological polar surface area (TPSA) is 108 Å². The van der Waals surface area contributed by atoms with Gasteiger partial charge in [-0.3, -0.25) is 19.3 Å². The van der Waals surface area contributed by atoms with E-state index in [-0.39, 0.29) is 38.4 Å². The third kappa shape index (κ3) is 5.94. The number of esters is 1. The summed E-state index contributed by atoms with van der Waals surface area (Å²) in [6.07, 6.45) is 3.98. The fourth-order valence-electron chi connectivity index (χ4n) is 3.39. The molecule has 2 aliphatic rings. The Morgan fingerprint density at radius 2 is 1.79 bits per heavy atom. The van der Waals surface area contributed by atoms with Crippen molar-refractivity contribution in [3.8, 4) is 0 Å². The van der Waals surface area contributed by atoms with Crippen molar-refractivity contribution in [3.05, 3.63) is 24.3 Å². The summed E-state index contributed by atoms with van der Waals surface area (Å²) in [5.74, 6) is -1.28. The Morgan fingerprint density at radius 1 is 1.07 bits per heavy atom. The van der Waals surface area contributed by atoms with Gasteiger partial charge in [0, 0.05) is 37.4 Å². The van der Waals surface area contributed by atoms with Crippen LogP contribution in [0.3, 0.4) is 0 Å². The second kappa shape index (κ2) is 9.90. The van der Waals surface area contributed by atoms with Crippen molar-refractivity contribution in [2.75, 3.05) is 43.0 Å². The van der Waals surface area contributed by atoms with Gasteiger partial charge < -0.3 is 20.3 Å². The summed E-state index contributed by atoms with van der Waals surface area (Å²) in [5.41, 5.74) is 1.78. The first-order valence-electron chi connectivity index (χ1n) is 9.91. The van der Waals surface area contributed by atoms with E-state index in [9.17, 15) is 19.2 Å². The first-order valence-corrected chi connectivity index (χ1v) is 9.91. The molecule has 2 N–H and O–H groups in total. The number of nitrogens with one attached hydrogen (secondary N) is 2. The zero-order valence-electron chi connectivity index (χ0n) is 16.3. The van der Waals surface area contributed by atoms with Gasteiger partial charge in [0.25, 0.3) is 5.91 Å². The van der Waals surface area contributed by atoms with Crippen LogP contribution >= 0.6 is 0 Å². The number of ether oxygens (including phenoxy) is 1. The maximum Gasteiger partial charge on any atom is 0.324 e. The monoisotopic (exact) mass is 402 g/mol. The fraction of sp³-hybridized carbons (Fsp3) is 0.500. The molecule has 4 amide bonds. The molecule has 29 heavy (non-hydrogen) atoms. The average molecular weight is 402 g/mol. The molecule has 156 valence electrons. The molecule has 9 nitrogen and oxygen atoms in total. The van der Waals surface area contributed by atoms with Crippen LogP contribution in [0, 0.1) is 0 Å². The van der Waals surface area contributed by atoms with Gasteiger partial charge in [0.1, 0.15) is 0 Å². The third-order valence-electron chi connectivity index (χ3n) is 4.94. The number of hydrogen-bond acceptors (Lipinski definition) is 6. The van der Waals surface area contributed by atoms with Crippen molar-refractivity contribution in [1.82, 2.24) is 10.2 Å². The number of rotatable bonds is 8. The smallest absolute Gasteiger partial charge is 0.324 e. The van der Waals surface area contributed by atoms with E-state index in [0.29, 0.717) is 5.69 Å². The maximum atomic E-state index is 12.0. The summed E-state index contributed by atoms with van der Waals surface area (Å²) in [6.45, 7) is 1.87. The molecule has 1 aromatic rings. The normalized spacial score (nSPS) is 16.6. The Kier molecular flexibility index (Phi) is 7.04. The molecule has 1 aromatic carbocycles. The van der Waals surface area contributed by atoms with E-state index in [1.807, 2.05) is 24.3 Å². The number of hydrogen-bond donors (Lipinski definition) is 2. The Bertz CT molecular complexity index is 743. The molecule has 0 bridgehead atoms. The van der Waals surface area contributed by atoms with Gasteiger partial charge in [-0.05, 0) is 49.9 Å². The number of carbonyl (C=O) groups is 4. The number of amides is 4.